The molecule has 0 aliphatic rings. The molecule has 0 spiro atoms. The third kappa shape index (κ3) is 2.45. The van der Waals surface area contributed by atoms with Crippen molar-refractivity contribution < 1.29 is 14.3 Å². The predicted octanol–water partition coefficient (Wildman–Crippen LogP) is 2.50. The van der Waals surface area contributed by atoms with Crippen molar-refractivity contribution in [1.82, 2.24) is 15.0 Å². The molecule has 2 aromatic heterocycles. The van der Waals surface area contributed by atoms with Crippen molar-refractivity contribution in [2.75, 3.05) is 0 Å². The molecule has 0 radical (unpaired) electrons. The zero-order valence-electron chi connectivity index (χ0n) is 9.92. The molecular weight excluding hydrogens is 302 g/mol. The summed E-state index contributed by atoms with van der Waals surface area (Å²) in [5, 5.41) is 16.6. The molecular formula is C11H12BrN3O3. The summed E-state index contributed by atoms with van der Waals surface area (Å²) in [5.41, 5.74) is 0.589. The van der Waals surface area contributed by atoms with Gasteiger partial charge in [-0.3, -0.25) is 0 Å². The first-order valence-corrected chi connectivity index (χ1v) is 6.19. The van der Waals surface area contributed by atoms with Gasteiger partial charge in [0.05, 0.1) is 5.69 Å². The summed E-state index contributed by atoms with van der Waals surface area (Å²) in [6, 6.07) is 3.58. The summed E-state index contributed by atoms with van der Waals surface area (Å²) in [4.78, 5) is 11.0. The fourth-order valence-electron chi connectivity index (χ4n) is 1.75. The van der Waals surface area contributed by atoms with E-state index in [1.807, 2.05) is 13.8 Å². The molecule has 0 fully saturated rings. The monoisotopic (exact) mass is 313 g/mol. The predicted molar refractivity (Wildman–Crippen MR) is 66.6 cm³/mol. The van der Waals surface area contributed by atoms with Gasteiger partial charge in [0.1, 0.15) is 12.3 Å². The van der Waals surface area contributed by atoms with Crippen LogP contribution in [0, 0.1) is 0 Å². The molecule has 96 valence electrons. The summed E-state index contributed by atoms with van der Waals surface area (Å²) in [6.07, 6.45) is 0. The van der Waals surface area contributed by atoms with Gasteiger partial charge < -0.3 is 9.52 Å². The molecule has 0 amide bonds. The van der Waals surface area contributed by atoms with Gasteiger partial charge in [0.15, 0.2) is 10.4 Å². The minimum Gasteiger partial charge on any atom is -0.476 e. The van der Waals surface area contributed by atoms with Gasteiger partial charge in [0.2, 0.25) is 0 Å². The average Bonchev–Trinajstić information content (AvgIpc) is 2.85. The second kappa shape index (κ2) is 4.93. The molecule has 2 heterocycles. The number of carboxylic acid groups (broad SMARTS) is 1. The van der Waals surface area contributed by atoms with Gasteiger partial charge in [-0.05, 0) is 34.0 Å². The van der Waals surface area contributed by atoms with E-state index in [4.69, 9.17) is 9.52 Å². The van der Waals surface area contributed by atoms with E-state index in [0.717, 1.165) is 0 Å². The summed E-state index contributed by atoms with van der Waals surface area (Å²) in [7, 11) is 0. The summed E-state index contributed by atoms with van der Waals surface area (Å²) in [5.74, 6) is -0.360. The van der Waals surface area contributed by atoms with Crippen LogP contribution in [0.5, 0.6) is 0 Å². The number of nitrogens with zero attached hydrogens (tertiary/aromatic N) is 3. The van der Waals surface area contributed by atoms with Crippen molar-refractivity contribution in [3.8, 4) is 0 Å². The molecule has 1 N–H and O–H groups in total. The van der Waals surface area contributed by atoms with Crippen molar-refractivity contribution in [2.24, 2.45) is 0 Å². The fraction of sp³-hybridized carbons (Fsp3) is 0.364. The number of halogens is 1. The summed E-state index contributed by atoms with van der Waals surface area (Å²) in [6.45, 7) is 4.17. The van der Waals surface area contributed by atoms with Crippen LogP contribution in [0.2, 0.25) is 0 Å². The zero-order valence-corrected chi connectivity index (χ0v) is 11.5. The quantitative estimate of drug-likeness (QED) is 0.937. The number of furan rings is 1. The van der Waals surface area contributed by atoms with Crippen LogP contribution in [0.1, 0.15) is 41.7 Å². The van der Waals surface area contributed by atoms with Crippen LogP contribution in [-0.2, 0) is 6.54 Å². The van der Waals surface area contributed by atoms with Gasteiger partial charge in [-0.2, -0.15) is 0 Å². The lowest BCUT2D eigenvalue weighted by Gasteiger charge is -2.08. The largest absolute Gasteiger partial charge is 0.476 e. The number of carbonyl (C=O) groups is 1. The van der Waals surface area contributed by atoms with E-state index in [1.54, 1.807) is 16.8 Å². The highest BCUT2D eigenvalue weighted by Gasteiger charge is 2.21. The van der Waals surface area contributed by atoms with E-state index < -0.39 is 5.97 Å². The van der Waals surface area contributed by atoms with Crippen molar-refractivity contribution in [1.29, 1.82) is 0 Å². The third-order valence-electron chi connectivity index (χ3n) is 2.46. The first-order chi connectivity index (χ1) is 8.49. The lowest BCUT2D eigenvalue weighted by Crippen LogP contribution is -2.10. The number of hydrogen-bond donors (Lipinski definition) is 1. The molecule has 2 rings (SSSR count). The van der Waals surface area contributed by atoms with E-state index in [-0.39, 0.29) is 11.6 Å². The second-order valence-electron chi connectivity index (χ2n) is 4.15. The zero-order chi connectivity index (χ0) is 13.3. The highest BCUT2D eigenvalue weighted by atomic mass is 79.9. The lowest BCUT2D eigenvalue weighted by molar-refractivity contribution is 0.0688. The van der Waals surface area contributed by atoms with Gasteiger partial charge in [-0.1, -0.05) is 19.1 Å². The number of hydrogen-bond acceptors (Lipinski definition) is 4. The smallest absolute Gasteiger partial charge is 0.358 e. The van der Waals surface area contributed by atoms with Crippen LogP contribution in [0.3, 0.4) is 0 Å². The first kappa shape index (κ1) is 12.8. The van der Waals surface area contributed by atoms with Crippen LogP contribution in [-0.4, -0.2) is 26.1 Å². The molecule has 0 aliphatic carbocycles. The normalized spacial score (nSPS) is 11.1. The lowest BCUT2D eigenvalue weighted by atomic mass is 10.1. The highest BCUT2D eigenvalue weighted by molar-refractivity contribution is 9.10. The Morgan fingerprint density at radius 2 is 2.28 bits per heavy atom. The molecule has 0 aliphatic heterocycles. The third-order valence-corrected chi connectivity index (χ3v) is 2.88. The fourth-order valence-corrected chi connectivity index (χ4v) is 2.09. The Hall–Kier alpha value is -1.63. The Morgan fingerprint density at radius 1 is 1.56 bits per heavy atom. The van der Waals surface area contributed by atoms with Crippen LogP contribution in [0.4, 0.5) is 0 Å². The van der Waals surface area contributed by atoms with E-state index >= 15 is 0 Å². The van der Waals surface area contributed by atoms with Gasteiger partial charge in [0, 0.05) is 0 Å². The molecule has 0 saturated heterocycles. The van der Waals surface area contributed by atoms with Gasteiger partial charge in [0.25, 0.3) is 0 Å². The van der Waals surface area contributed by atoms with Crippen LogP contribution in [0.25, 0.3) is 0 Å². The molecule has 7 heteroatoms. The Bertz CT molecular complexity index is 574. The maximum Gasteiger partial charge on any atom is 0.358 e. The maximum atomic E-state index is 11.0. The van der Waals surface area contributed by atoms with Gasteiger partial charge in [-0.25, -0.2) is 9.48 Å². The first-order valence-electron chi connectivity index (χ1n) is 5.40. The van der Waals surface area contributed by atoms with Crippen molar-refractivity contribution in [3.63, 3.8) is 0 Å². The second-order valence-corrected chi connectivity index (χ2v) is 4.93. The number of carboxylic acids is 1. The molecule has 0 bridgehead atoms. The van der Waals surface area contributed by atoms with Crippen molar-refractivity contribution in [3.05, 3.63) is 34.0 Å². The SMILES string of the molecule is CC(C)c1c(C(=O)O)nnn1Cc1ccc(Br)o1. The molecule has 0 saturated carbocycles. The van der Waals surface area contributed by atoms with E-state index in [1.165, 1.54) is 0 Å². The van der Waals surface area contributed by atoms with E-state index in [9.17, 15) is 4.79 Å². The number of aromatic nitrogens is 3. The highest BCUT2D eigenvalue weighted by Crippen LogP contribution is 2.20. The molecule has 0 aromatic carbocycles. The van der Waals surface area contributed by atoms with Crippen LogP contribution < -0.4 is 0 Å². The maximum absolute atomic E-state index is 11.0. The minimum absolute atomic E-state index is 0.00405. The Balaban J connectivity index is 2.36. The minimum atomic E-state index is -1.06. The Morgan fingerprint density at radius 3 is 2.78 bits per heavy atom. The molecule has 0 unspecified atom stereocenters. The Labute approximate surface area is 112 Å². The van der Waals surface area contributed by atoms with E-state index in [0.29, 0.717) is 22.7 Å². The van der Waals surface area contributed by atoms with Crippen molar-refractivity contribution in [2.45, 2.75) is 26.3 Å². The number of rotatable bonds is 4. The summed E-state index contributed by atoms with van der Waals surface area (Å²) < 4.78 is 7.55. The van der Waals surface area contributed by atoms with Gasteiger partial charge in [-0.15, -0.1) is 5.10 Å². The van der Waals surface area contributed by atoms with Crippen LogP contribution in [0.15, 0.2) is 21.2 Å². The standard InChI is InChI=1S/C11H12BrN3O3/c1-6(2)10-9(11(16)17)13-14-15(10)5-7-3-4-8(12)18-7/h3-4,6H,5H2,1-2H3,(H,16,17). The van der Waals surface area contributed by atoms with E-state index in [2.05, 4.69) is 26.2 Å². The van der Waals surface area contributed by atoms with Crippen molar-refractivity contribution >= 4 is 21.9 Å². The molecule has 2 aromatic rings. The molecule has 6 nitrogen and oxygen atoms in total. The molecule has 0 atom stereocenters. The molecule has 18 heavy (non-hydrogen) atoms. The average molecular weight is 314 g/mol. The topological polar surface area (TPSA) is 81.1 Å². The van der Waals surface area contributed by atoms with Crippen LogP contribution >= 0.6 is 15.9 Å². The van der Waals surface area contributed by atoms with Gasteiger partial charge >= 0.3 is 5.97 Å². The Kier molecular flexibility index (Phi) is 3.51. The summed E-state index contributed by atoms with van der Waals surface area (Å²) >= 11 is 3.22. The number of aromatic carboxylic acids is 1.